The van der Waals surface area contributed by atoms with Crippen LogP contribution in [0.3, 0.4) is 0 Å². The fraction of sp³-hybridized carbons (Fsp3) is 0.0714. The monoisotopic (exact) mass is 265 g/mol. The quantitative estimate of drug-likeness (QED) is 0.669. The van der Waals surface area contributed by atoms with Gasteiger partial charge >= 0.3 is 0 Å². The average Bonchev–Trinajstić information content (AvgIpc) is 2.36. The van der Waals surface area contributed by atoms with Crippen LogP contribution in [0.2, 0.25) is 0 Å². The summed E-state index contributed by atoms with van der Waals surface area (Å²) >= 11 is 0. The van der Waals surface area contributed by atoms with Crippen molar-refractivity contribution in [1.29, 1.82) is 0 Å². The third-order valence-electron chi connectivity index (χ3n) is 2.73. The Labute approximate surface area is 107 Å². The van der Waals surface area contributed by atoms with Crippen LogP contribution >= 0.6 is 0 Å². The van der Waals surface area contributed by atoms with E-state index in [1.807, 2.05) is 0 Å². The fourth-order valence-corrected chi connectivity index (χ4v) is 1.72. The molecule has 2 aromatic carbocycles. The van der Waals surface area contributed by atoms with Crippen LogP contribution in [0.1, 0.15) is 21.5 Å². The van der Waals surface area contributed by atoms with Gasteiger partial charge in [-0.25, -0.2) is 13.2 Å². The zero-order valence-corrected chi connectivity index (χ0v) is 10.0. The number of nitrogens with two attached hydrogens (primary N) is 1. The molecule has 0 amide bonds. The highest BCUT2D eigenvalue weighted by Crippen LogP contribution is 2.21. The van der Waals surface area contributed by atoms with Crippen molar-refractivity contribution in [2.75, 3.05) is 5.73 Å². The molecule has 2 rings (SSSR count). The molecule has 0 heterocycles. The van der Waals surface area contributed by atoms with Crippen LogP contribution in [-0.2, 0) is 0 Å². The van der Waals surface area contributed by atoms with Gasteiger partial charge < -0.3 is 5.73 Å². The van der Waals surface area contributed by atoms with Gasteiger partial charge in [-0.15, -0.1) is 0 Å². The van der Waals surface area contributed by atoms with Gasteiger partial charge in [-0.1, -0.05) is 0 Å². The molecule has 0 radical (unpaired) electrons. The highest BCUT2D eigenvalue weighted by Gasteiger charge is 2.18. The number of aryl methyl sites for hydroxylation is 1. The van der Waals surface area contributed by atoms with Gasteiger partial charge in [0.15, 0.2) is 11.6 Å². The zero-order chi connectivity index (χ0) is 14.2. The number of nitrogen functional groups attached to an aromatic ring is 1. The molecule has 2 N–H and O–H groups in total. The second-order valence-electron chi connectivity index (χ2n) is 4.15. The van der Waals surface area contributed by atoms with E-state index in [-0.39, 0.29) is 11.1 Å². The Morgan fingerprint density at radius 3 is 2.42 bits per heavy atom. The number of carbonyl (C=O) groups excluding carboxylic acids is 1. The standard InChI is InChI=1S/C14H10F3NO/c1-7-4-8(2-3-11(7)16)14(19)10-5-9(15)6-12(18)13(10)17/h2-6H,18H2,1H3. The smallest absolute Gasteiger partial charge is 0.196 e. The molecule has 2 aromatic rings. The summed E-state index contributed by atoms with van der Waals surface area (Å²) in [6.45, 7) is 1.47. The molecule has 0 fully saturated rings. The Morgan fingerprint density at radius 2 is 1.79 bits per heavy atom. The molecule has 0 aliphatic heterocycles. The lowest BCUT2D eigenvalue weighted by atomic mass is 10.0. The van der Waals surface area contributed by atoms with E-state index in [0.29, 0.717) is 0 Å². The topological polar surface area (TPSA) is 43.1 Å². The Bertz CT molecular complexity index is 668. The number of carbonyl (C=O) groups is 1. The number of hydrogen-bond donors (Lipinski definition) is 1. The molecule has 0 atom stereocenters. The van der Waals surface area contributed by atoms with E-state index in [1.54, 1.807) is 0 Å². The lowest BCUT2D eigenvalue weighted by Crippen LogP contribution is -2.08. The number of anilines is 1. The minimum atomic E-state index is -0.978. The van der Waals surface area contributed by atoms with Crippen LogP contribution in [0.5, 0.6) is 0 Å². The van der Waals surface area contributed by atoms with E-state index in [4.69, 9.17) is 5.73 Å². The van der Waals surface area contributed by atoms with Crippen LogP contribution in [0.4, 0.5) is 18.9 Å². The Kier molecular flexibility index (Phi) is 3.29. The molecule has 98 valence electrons. The molecule has 0 unspecified atom stereocenters. The first kappa shape index (κ1) is 13.1. The van der Waals surface area contributed by atoms with Gasteiger partial charge in [-0.2, -0.15) is 0 Å². The summed E-state index contributed by atoms with van der Waals surface area (Å²) < 4.78 is 40.0. The summed E-state index contributed by atoms with van der Waals surface area (Å²) in [4.78, 5) is 12.1. The van der Waals surface area contributed by atoms with Crippen molar-refractivity contribution >= 4 is 11.5 Å². The van der Waals surface area contributed by atoms with Crippen molar-refractivity contribution in [3.05, 3.63) is 64.5 Å². The highest BCUT2D eigenvalue weighted by atomic mass is 19.1. The van der Waals surface area contributed by atoms with Crippen LogP contribution in [0, 0.1) is 24.4 Å². The molecular formula is C14H10F3NO. The molecule has 19 heavy (non-hydrogen) atoms. The molecule has 5 heteroatoms. The summed E-state index contributed by atoms with van der Waals surface area (Å²) in [6.07, 6.45) is 0. The summed E-state index contributed by atoms with van der Waals surface area (Å²) in [5.41, 5.74) is 4.67. The molecule has 2 nitrogen and oxygen atoms in total. The molecular weight excluding hydrogens is 255 g/mol. The predicted molar refractivity (Wildman–Crippen MR) is 65.3 cm³/mol. The van der Waals surface area contributed by atoms with E-state index in [9.17, 15) is 18.0 Å². The van der Waals surface area contributed by atoms with Gasteiger partial charge in [0.1, 0.15) is 11.6 Å². The first-order chi connectivity index (χ1) is 8.90. The molecule has 0 aliphatic rings. The Balaban J connectivity index is 2.53. The number of rotatable bonds is 2. The second-order valence-corrected chi connectivity index (χ2v) is 4.15. The number of halogens is 3. The first-order valence-corrected chi connectivity index (χ1v) is 5.45. The van der Waals surface area contributed by atoms with Crippen LogP contribution < -0.4 is 5.73 Å². The van der Waals surface area contributed by atoms with Crippen molar-refractivity contribution in [3.8, 4) is 0 Å². The maximum absolute atomic E-state index is 13.7. The summed E-state index contributed by atoms with van der Waals surface area (Å²) in [5.74, 6) is -3.00. The van der Waals surface area contributed by atoms with Crippen molar-refractivity contribution in [2.24, 2.45) is 0 Å². The van der Waals surface area contributed by atoms with Crippen LogP contribution in [0.15, 0.2) is 30.3 Å². The molecule has 0 aliphatic carbocycles. The summed E-state index contributed by atoms with van der Waals surface area (Å²) in [5, 5.41) is 0. The van der Waals surface area contributed by atoms with E-state index >= 15 is 0 Å². The number of benzene rings is 2. The van der Waals surface area contributed by atoms with E-state index in [1.165, 1.54) is 19.1 Å². The first-order valence-electron chi connectivity index (χ1n) is 5.45. The number of ketones is 1. The lowest BCUT2D eigenvalue weighted by molar-refractivity contribution is 0.103. The lowest BCUT2D eigenvalue weighted by Gasteiger charge is -2.06. The van der Waals surface area contributed by atoms with Crippen LogP contribution in [0.25, 0.3) is 0 Å². The van der Waals surface area contributed by atoms with Gasteiger partial charge in [0, 0.05) is 5.56 Å². The van der Waals surface area contributed by atoms with Crippen LogP contribution in [-0.4, -0.2) is 5.78 Å². The third-order valence-corrected chi connectivity index (χ3v) is 2.73. The minimum Gasteiger partial charge on any atom is -0.396 e. The summed E-state index contributed by atoms with van der Waals surface area (Å²) in [7, 11) is 0. The third kappa shape index (κ3) is 2.45. The SMILES string of the molecule is Cc1cc(C(=O)c2cc(F)cc(N)c2F)ccc1F. The van der Waals surface area contributed by atoms with Gasteiger partial charge in [0.05, 0.1) is 11.3 Å². The second kappa shape index (κ2) is 4.76. The minimum absolute atomic E-state index is 0.0720. The van der Waals surface area contributed by atoms with Crippen molar-refractivity contribution in [2.45, 2.75) is 6.92 Å². The molecule has 0 aromatic heterocycles. The van der Waals surface area contributed by atoms with Gasteiger partial charge in [-0.3, -0.25) is 4.79 Å². The van der Waals surface area contributed by atoms with Gasteiger partial charge in [0.25, 0.3) is 0 Å². The molecule has 0 saturated heterocycles. The molecule has 0 bridgehead atoms. The normalized spacial score (nSPS) is 10.5. The largest absolute Gasteiger partial charge is 0.396 e. The number of hydrogen-bond acceptors (Lipinski definition) is 2. The maximum Gasteiger partial charge on any atom is 0.196 e. The van der Waals surface area contributed by atoms with E-state index < -0.39 is 34.5 Å². The predicted octanol–water partition coefficient (Wildman–Crippen LogP) is 3.23. The highest BCUT2D eigenvalue weighted by molar-refractivity contribution is 6.09. The maximum atomic E-state index is 13.7. The van der Waals surface area contributed by atoms with Crippen molar-refractivity contribution < 1.29 is 18.0 Å². The molecule has 0 spiro atoms. The van der Waals surface area contributed by atoms with Gasteiger partial charge in [0.2, 0.25) is 0 Å². The van der Waals surface area contributed by atoms with E-state index in [2.05, 4.69) is 0 Å². The Morgan fingerprint density at radius 1 is 1.11 bits per heavy atom. The van der Waals surface area contributed by atoms with Crippen molar-refractivity contribution in [1.82, 2.24) is 0 Å². The molecule has 0 saturated carbocycles. The fourth-order valence-electron chi connectivity index (χ4n) is 1.72. The van der Waals surface area contributed by atoms with Crippen molar-refractivity contribution in [3.63, 3.8) is 0 Å². The average molecular weight is 265 g/mol. The Hall–Kier alpha value is -2.30. The summed E-state index contributed by atoms with van der Waals surface area (Å²) in [6, 6.07) is 5.15. The zero-order valence-electron chi connectivity index (χ0n) is 10.0. The van der Waals surface area contributed by atoms with Gasteiger partial charge in [-0.05, 0) is 42.8 Å². The van der Waals surface area contributed by atoms with E-state index in [0.717, 1.165) is 18.2 Å².